The first-order chi connectivity index (χ1) is 10.1. The fraction of sp³-hybridized carbons (Fsp3) is 0.571. The van der Waals surface area contributed by atoms with E-state index in [1.165, 1.54) is 4.31 Å². The molecule has 1 aromatic carbocycles. The van der Waals surface area contributed by atoms with Crippen LogP contribution in [0.5, 0.6) is 0 Å². The van der Waals surface area contributed by atoms with Gasteiger partial charge in [0.15, 0.2) is 0 Å². The van der Waals surface area contributed by atoms with Crippen molar-refractivity contribution in [3.63, 3.8) is 0 Å². The Balaban J connectivity index is 1.90. The smallest absolute Gasteiger partial charge is 0.301 e. The first kappa shape index (κ1) is 14.6. The first-order valence-corrected chi connectivity index (χ1v) is 8.79. The quantitative estimate of drug-likeness (QED) is 0.891. The molecule has 0 aromatic heterocycles. The molecule has 2 heterocycles. The van der Waals surface area contributed by atoms with Gasteiger partial charge in [-0.05, 0) is 24.1 Å². The number of hydrogen-bond donors (Lipinski definition) is 1. The Morgan fingerprint density at radius 2 is 2.00 bits per heavy atom. The number of morpholine rings is 1. The maximum Gasteiger partial charge on any atom is 0.301 e. The second-order valence-corrected chi connectivity index (χ2v) is 6.92. The summed E-state index contributed by atoms with van der Waals surface area (Å²) in [6.07, 6.45) is 0.767. The van der Waals surface area contributed by atoms with Gasteiger partial charge >= 0.3 is 10.2 Å². The van der Waals surface area contributed by atoms with E-state index in [0.29, 0.717) is 13.1 Å². The number of ether oxygens (including phenoxy) is 1. The third kappa shape index (κ3) is 2.86. The largest absolute Gasteiger partial charge is 0.378 e. The second-order valence-electron chi connectivity index (χ2n) is 5.24. The van der Waals surface area contributed by atoms with Crippen LogP contribution in [0.15, 0.2) is 18.2 Å². The standard InChI is InChI=1S/C14H21N3O3S/c1-2-15-21(18,19)17-6-5-12-3-4-13(11-14(12)17)16-7-9-20-10-8-16/h3-4,11,15H,2,5-10H2,1H3. The lowest BCUT2D eigenvalue weighted by Gasteiger charge is -2.29. The van der Waals surface area contributed by atoms with Crippen LogP contribution in [0.1, 0.15) is 12.5 Å². The highest BCUT2D eigenvalue weighted by Crippen LogP contribution is 2.33. The SMILES string of the molecule is CCNS(=O)(=O)N1CCc2ccc(N3CCOCC3)cc21. The van der Waals surface area contributed by atoms with Crippen molar-refractivity contribution in [1.82, 2.24) is 4.72 Å². The van der Waals surface area contributed by atoms with Gasteiger partial charge in [-0.15, -0.1) is 0 Å². The van der Waals surface area contributed by atoms with Crippen LogP contribution in [0.4, 0.5) is 11.4 Å². The number of benzene rings is 1. The molecule has 6 nitrogen and oxygen atoms in total. The van der Waals surface area contributed by atoms with Crippen molar-refractivity contribution >= 4 is 21.6 Å². The average molecular weight is 311 g/mol. The second kappa shape index (κ2) is 5.82. The fourth-order valence-corrected chi connectivity index (χ4v) is 4.15. The Morgan fingerprint density at radius 1 is 1.24 bits per heavy atom. The minimum absolute atomic E-state index is 0.400. The molecule has 2 aliphatic rings. The van der Waals surface area contributed by atoms with Crippen molar-refractivity contribution in [1.29, 1.82) is 0 Å². The van der Waals surface area contributed by atoms with Gasteiger partial charge < -0.3 is 9.64 Å². The highest BCUT2D eigenvalue weighted by atomic mass is 32.2. The first-order valence-electron chi connectivity index (χ1n) is 7.35. The third-order valence-electron chi connectivity index (χ3n) is 3.91. The molecule has 0 spiro atoms. The third-order valence-corrected chi connectivity index (χ3v) is 5.53. The predicted molar refractivity (Wildman–Crippen MR) is 83.1 cm³/mol. The molecule has 0 bridgehead atoms. The summed E-state index contributed by atoms with van der Waals surface area (Å²) in [5, 5.41) is 0. The van der Waals surface area contributed by atoms with Crippen LogP contribution in [-0.4, -0.2) is 47.8 Å². The van der Waals surface area contributed by atoms with E-state index in [1.807, 2.05) is 12.1 Å². The molecule has 1 saturated heterocycles. The summed E-state index contributed by atoms with van der Waals surface area (Å²) in [4.78, 5) is 2.24. The van der Waals surface area contributed by atoms with E-state index in [-0.39, 0.29) is 0 Å². The van der Waals surface area contributed by atoms with Gasteiger partial charge in [0.1, 0.15) is 0 Å². The highest BCUT2D eigenvalue weighted by Gasteiger charge is 2.29. The van der Waals surface area contributed by atoms with Gasteiger partial charge in [0, 0.05) is 31.9 Å². The summed E-state index contributed by atoms with van der Waals surface area (Å²) >= 11 is 0. The molecular weight excluding hydrogens is 290 g/mol. The zero-order chi connectivity index (χ0) is 14.9. The van der Waals surface area contributed by atoms with E-state index >= 15 is 0 Å². The van der Waals surface area contributed by atoms with E-state index in [2.05, 4.69) is 15.7 Å². The Morgan fingerprint density at radius 3 is 2.71 bits per heavy atom. The lowest BCUT2D eigenvalue weighted by Crippen LogP contribution is -2.40. The van der Waals surface area contributed by atoms with Crippen LogP contribution in [0.25, 0.3) is 0 Å². The van der Waals surface area contributed by atoms with Crippen molar-refractivity contribution in [3.8, 4) is 0 Å². The zero-order valence-electron chi connectivity index (χ0n) is 12.2. The molecule has 7 heteroatoms. The number of hydrogen-bond acceptors (Lipinski definition) is 4. The molecule has 116 valence electrons. The average Bonchev–Trinajstić information content (AvgIpc) is 2.92. The van der Waals surface area contributed by atoms with Crippen LogP contribution in [0, 0.1) is 0 Å². The van der Waals surface area contributed by atoms with E-state index < -0.39 is 10.2 Å². The van der Waals surface area contributed by atoms with Gasteiger partial charge in [0.25, 0.3) is 0 Å². The Kier molecular flexibility index (Phi) is 4.05. The summed E-state index contributed by atoms with van der Waals surface area (Å²) in [5.74, 6) is 0. The lowest BCUT2D eigenvalue weighted by atomic mass is 10.1. The Bertz CT molecular complexity index is 612. The molecule has 3 rings (SSSR count). The van der Waals surface area contributed by atoms with Crippen molar-refractivity contribution in [2.75, 3.05) is 48.6 Å². The van der Waals surface area contributed by atoms with Crippen LogP contribution in [0.3, 0.4) is 0 Å². The number of rotatable bonds is 4. The number of nitrogens with one attached hydrogen (secondary N) is 1. The van der Waals surface area contributed by atoms with Gasteiger partial charge in [0.2, 0.25) is 0 Å². The molecule has 0 amide bonds. The molecule has 1 aromatic rings. The van der Waals surface area contributed by atoms with Gasteiger partial charge in [-0.3, -0.25) is 4.31 Å². The summed E-state index contributed by atoms with van der Waals surface area (Å²) in [6.45, 7) is 5.83. The molecule has 0 unspecified atom stereocenters. The summed E-state index contributed by atoms with van der Waals surface area (Å²) in [6, 6.07) is 6.11. The molecule has 0 radical (unpaired) electrons. The summed E-state index contributed by atoms with van der Waals surface area (Å²) in [5.41, 5.74) is 2.96. The Hall–Kier alpha value is -1.31. The molecule has 2 aliphatic heterocycles. The molecule has 0 saturated carbocycles. The van der Waals surface area contributed by atoms with Gasteiger partial charge in [0.05, 0.1) is 18.9 Å². The van der Waals surface area contributed by atoms with Gasteiger partial charge in [-0.25, -0.2) is 0 Å². The van der Waals surface area contributed by atoms with Crippen LogP contribution in [-0.2, 0) is 21.4 Å². The van der Waals surface area contributed by atoms with E-state index in [4.69, 9.17) is 4.74 Å². The summed E-state index contributed by atoms with van der Waals surface area (Å²) < 4.78 is 33.9. The fourth-order valence-electron chi connectivity index (χ4n) is 2.87. The highest BCUT2D eigenvalue weighted by molar-refractivity contribution is 7.90. The molecule has 21 heavy (non-hydrogen) atoms. The topological polar surface area (TPSA) is 61.9 Å². The van der Waals surface area contributed by atoms with Crippen LogP contribution < -0.4 is 13.9 Å². The predicted octanol–water partition coefficient (Wildman–Crippen LogP) is 0.740. The maximum atomic E-state index is 12.3. The maximum absolute atomic E-state index is 12.3. The zero-order valence-corrected chi connectivity index (χ0v) is 13.0. The van der Waals surface area contributed by atoms with Crippen LogP contribution >= 0.6 is 0 Å². The number of nitrogens with zero attached hydrogens (tertiary/aromatic N) is 2. The monoisotopic (exact) mass is 311 g/mol. The molecule has 0 aliphatic carbocycles. The molecule has 1 fully saturated rings. The van der Waals surface area contributed by atoms with Crippen molar-refractivity contribution in [2.24, 2.45) is 0 Å². The van der Waals surface area contributed by atoms with Gasteiger partial charge in [-0.2, -0.15) is 13.1 Å². The number of anilines is 2. The van der Waals surface area contributed by atoms with Crippen molar-refractivity contribution in [2.45, 2.75) is 13.3 Å². The Labute approximate surface area is 125 Å². The van der Waals surface area contributed by atoms with E-state index in [1.54, 1.807) is 6.92 Å². The molecular formula is C14H21N3O3S. The minimum Gasteiger partial charge on any atom is -0.378 e. The number of fused-ring (bicyclic) bond motifs is 1. The van der Waals surface area contributed by atoms with E-state index in [0.717, 1.165) is 49.7 Å². The van der Waals surface area contributed by atoms with Crippen molar-refractivity contribution in [3.05, 3.63) is 23.8 Å². The normalized spacial score (nSPS) is 18.9. The van der Waals surface area contributed by atoms with Gasteiger partial charge in [-0.1, -0.05) is 13.0 Å². The minimum atomic E-state index is -3.43. The van der Waals surface area contributed by atoms with Crippen LogP contribution in [0.2, 0.25) is 0 Å². The summed E-state index contributed by atoms with van der Waals surface area (Å²) in [7, 11) is -3.43. The van der Waals surface area contributed by atoms with Crippen molar-refractivity contribution < 1.29 is 13.2 Å². The lowest BCUT2D eigenvalue weighted by molar-refractivity contribution is 0.122. The van der Waals surface area contributed by atoms with E-state index in [9.17, 15) is 8.42 Å². The molecule has 0 atom stereocenters. The molecule has 1 N–H and O–H groups in total.